The van der Waals surface area contributed by atoms with Crippen molar-refractivity contribution in [2.45, 2.75) is 53.9 Å². The molecular formula is C29H38N4O2. The predicted molar refractivity (Wildman–Crippen MR) is 144 cm³/mol. The quantitative estimate of drug-likeness (QED) is 0.419. The van der Waals surface area contributed by atoms with Crippen molar-refractivity contribution in [1.29, 1.82) is 0 Å². The molecule has 2 aromatic carbocycles. The van der Waals surface area contributed by atoms with Gasteiger partial charge in [-0.3, -0.25) is 4.79 Å². The molecular weight excluding hydrogens is 436 g/mol. The number of ether oxygens (including phenoxy) is 1. The molecule has 1 heterocycles. The Hall–Kier alpha value is -3.54. The molecule has 6 heteroatoms. The molecule has 0 fully saturated rings. The van der Waals surface area contributed by atoms with Crippen LogP contribution >= 0.6 is 0 Å². The van der Waals surface area contributed by atoms with Crippen LogP contribution in [0, 0.1) is 12.3 Å². The summed E-state index contributed by atoms with van der Waals surface area (Å²) in [6, 6.07) is 12.2. The van der Waals surface area contributed by atoms with Gasteiger partial charge < -0.3 is 15.4 Å². The first-order valence-corrected chi connectivity index (χ1v) is 11.9. The molecule has 186 valence electrons. The predicted octanol–water partition coefficient (Wildman–Crippen LogP) is 6.35. The van der Waals surface area contributed by atoms with Crippen LogP contribution in [0.5, 0.6) is 5.75 Å². The Kier molecular flexibility index (Phi) is 7.44. The number of rotatable bonds is 7. The van der Waals surface area contributed by atoms with Crippen molar-refractivity contribution in [2.24, 2.45) is 5.41 Å². The van der Waals surface area contributed by atoms with Crippen LogP contribution in [0.2, 0.25) is 0 Å². The van der Waals surface area contributed by atoms with Gasteiger partial charge in [0.05, 0.1) is 30.2 Å². The second-order valence-corrected chi connectivity index (χ2v) is 11.2. The number of amides is 1. The van der Waals surface area contributed by atoms with Crippen LogP contribution in [0.1, 0.15) is 68.6 Å². The Labute approximate surface area is 209 Å². The Bertz CT molecular complexity index is 1230. The molecule has 0 radical (unpaired) electrons. The largest absolute Gasteiger partial charge is 0.495 e. The van der Waals surface area contributed by atoms with E-state index in [2.05, 4.69) is 76.0 Å². The second kappa shape index (κ2) is 9.98. The van der Waals surface area contributed by atoms with Crippen molar-refractivity contribution in [3.63, 3.8) is 0 Å². The maximum atomic E-state index is 12.6. The molecule has 0 bridgehead atoms. The van der Waals surface area contributed by atoms with Gasteiger partial charge in [0.15, 0.2) is 0 Å². The van der Waals surface area contributed by atoms with E-state index in [1.165, 1.54) is 5.56 Å². The highest BCUT2D eigenvalue weighted by Crippen LogP contribution is 2.33. The molecule has 0 spiro atoms. The summed E-state index contributed by atoms with van der Waals surface area (Å²) in [6.07, 6.45) is 3.36. The van der Waals surface area contributed by atoms with Crippen LogP contribution in [-0.4, -0.2) is 29.3 Å². The van der Waals surface area contributed by atoms with E-state index in [4.69, 9.17) is 4.74 Å². The van der Waals surface area contributed by atoms with Crippen molar-refractivity contribution in [1.82, 2.24) is 15.1 Å². The van der Waals surface area contributed by atoms with Gasteiger partial charge >= 0.3 is 0 Å². The van der Waals surface area contributed by atoms with Crippen molar-refractivity contribution in [2.75, 3.05) is 19.0 Å². The number of anilines is 1. The van der Waals surface area contributed by atoms with E-state index < -0.39 is 0 Å². The number of carbonyl (C=O) groups excluding carboxylic acids is 1. The molecule has 6 nitrogen and oxygen atoms in total. The minimum atomic E-state index is -0.128. The molecule has 0 saturated carbocycles. The van der Waals surface area contributed by atoms with E-state index >= 15 is 0 Å². The molecule has 0 aliphatic heterocycles. The first-order valence-electron chi connectivity index (χ1n) is 11.9. The van der Waals surface area contributed by atoms with Crippen LogP contribution in [-0.2, 0) is 5.41 Å². The normalized spacial score (nSPS) is 11.8. The number of nitrogens with one attached hydrogen (secondary N) is 2. The van der Waals surface area contributed by atoms with Gasteiger partial charge in [-0.2, -0.15) is 5.10 Å². The smallest absolute Gasteiger partial charge is 0.254 e. The molecule has 0 unspecified atom stereocenters. The zero-order chi connectivity index (χ0) is 26.0. The third kappa shape index (κ3) is 6.53. The van der Waals surface area contributed by atoms with E-state index in [9.17, 15) is 4.79 Å². The van der Waals surface area contributed by atoms with E-state index in [0.717, 1.165) is 33.9 Å². The fourth-order valence-corrected chi connectivity index (χ4v) is 3.57. The lowest BCUT2D eigenvalue weighted by Gasteiger charge is -2.22. The number of nitrogens with zero attached hydrogens (tertiary/aromatic N) is 2. The Morgan fingerprint density at radius 2 is 1.77 bits per heavy atom. The summed E-state index contributed by atoms with van der Waals surface area (Å²) in [5.41, 5.74) is 6.20. The molecule has 0 saturated heterocycles. The topological polar surface area (TPSA) is 68.2 Å². The van der Waals surface area contributed by atoms with Crippen LogP contribution < -0.4 is 15.4 Å². The van der Waals surface area contributed by atoms with E-state index in [0.29, 0.717) is 12.1 Å². The Morgan fingerprint density at radius 1 is 1.06 bits per heavy atom. The lowest BCUT2D eigenvalue weighted by Crippen LogP contribution is -2.32. The second-order valence-electron chi connectivity index (χ2n) is 11.2. The molecule has 1 amide bonds. The van der Waals surface area contributed by atoms with Crippen molar-refractivity contribution >= 4 is 17.3 Å². The zero-order valence-corrected chi connectivity index (χ0v) is 22.2. The molecule has 3 rings (SSSR count). The summed E-state index contributed by atoms with van der Waals surface area (Å²) in [5, 5.41) is 10.9. The number of carbonyl (C=O) groups is 1. The number of benzene rings is 2. The summed E-state index contributed by atoms with van der Waals surface area (Å²) in [5.74, 6) is 0.626. The van der Waals surface area contributed by atoms with Gasteiger partial charge in [0.1, 0.15) is 5.75 Å². The highest BCUT2D eigenvalue weighted by atomic mass is 16.5. The number of aromatic nitrogens is 2. The molecule has 3 aromatic rings. The van der Waals surface area contributed by atoms with Crippen LogP contribution in [0.15, 0.2) is 55.4 Å². The zero-order valence-electron chi connectivity index (χ0n) is 22.2. The molecule has 0 atom stereocenters. The fourth-order valence-electron chi connectivity index (χ4n) is 3.57. The van der Waals surface area contributed by atoms with Gasteiger partial charge in [0.25, 0.3) is 5.91 Å². The number of hydrogen-bond acceptors (Lipinski definition) is 4. The summed E-state index contributed by atoms with van der Waals surface area (Å²) in [4.78, 5) is 12.6. The molecule has 0 aliphatic rings. The van der Waals surface area contributed by atoms with Gasteiger partial charge in [0.2, 0.25) is 0 Å². The third-order valence-electron chi connectivity index (χ3n) is 5.78. The van der Waals surface area contributed by atoms with Gasteiger partial charge in [-0.25, -0.2) is 4.68 Å². The average molecular weight is 475 g/mol. The van der Waals surface area contributed by atoms with Gasteiger partial charge in [0, 0.05) is 18.4 Å². The van der Waals surface area contributed by atoms with E-state index in [1.807, 2.05) is 31.2 Å². The summed E-state index contributed by atoms with van der Waals surface area (Å²) in [6.45, 7) is 19.7. The van der Waals surface area contributed by atoms with Gasteiger partial charge in [-0.1, -0.05) is 66.3 Å². The van der Waals surface area contributed by atoms with Gasteiger partial charge in [-0.05, 0) is 52.6 Å². The van der Waals surface area contributed by atoms with E-state index in [-0.39, 0.29) is 16.7 Å². The number of aryl methyl sites for hydroxylation is 1. The average Bonchev–Trinajstić information content (AvgIpc) is 3.26. The summed E-state index contributed by atoms with van der Waals surface area (Å²) in [7, 11) is 1.66. The Balaban J connectivity index is 1.85. The highest BCUT2D eigenvalue weighted by molar-refractivity contribution is 5.93. The minimum Gasteiger partial charge on any atom is -0.495 e. The van der Waals surface area contributed by atoms with Crippen molar-refractivity contribution in [3.05, 3.63) is 77.6 Å². The Morgan fingerprint density at radius 3 is 2.40 bits per heavy atom. The molecule has 35 heavy (non-hydrogen) atoms. The molecule has 0 aliphatic carbocycles. The van der Waals surface area contributed by atoms with Crippen LogP contribution in [0.25, 0.3) is 11.4 Å². The summed E-state index contributed by atoms with van der Waals surface area (Å²) < 4.78 is 7.31. The van der Waals surface area contributed by atoms with E-state index in [1.54, 1.807) is 24.2 Å². The maximum Gasteiger partial charge on any atom is 0.254 e. The molecule has 1 aromatic heterocycles. The first kappa shape index (κ1) is 26.1. The lowest BCUT2D eigenvalue weighted by molar-refractivity contribution is 0.0939. The van der Waals surface area contributed by atoms with Crippen LogP contribution in [0.3, 0.4) is 0 Å². The highest BCUT2D eigenvalue weighted by Gasteiger charge is 2.18. The number of methoxy groups -OCH3 is 1. The molecule has 2 N–H and O–H groups in total. The summed E-state index contributed by atoms with van der Waals surface area (Å²) >= 11 is 0. The van der Waals surface area contributed by atoms with Crippen LogP contribution in [0.4, 0.5) is 5.69 Å². The number of hydrogen-bond donors (Lipinski definition) is 2. The minimum absolute atomic E-state index is 0.0119. The van der Waals surface area contributed by atoms with Gasteiger partial charge in [-0.15, -0.1) is 0 Å². The monoisotopic (exact) mass is 474 g/mol. The van der Waals surface area contributed by atoms with Crippen molar-refractivity contribution < 1.29 is 9.53 Å². The SMILES string of the molecule is C=C(Nc1cc(C(C)(C)C)ccc1OC)c1ccc(C)c(-n2cc(C(=O)NCC(C)(C)C)cn2)c1. The first-order chi connectivity index (χ1) is 16.3. The third-order valence-corrected chi connectivity index (χ3v) is 5.78. The maximum absolute atomic E-state index is 12.6. The standard InChI is InChI=1S/C29H38N4O2/c1-19-10-11-21(20(2)32-24-15-23(29(6,7)8)12-13-26(24)35-9)14-25(19)33-17-22(16-31-33)27(34)30-18-28(3,4)5/h10-17,32H,2,18H2,1,3-9H3,(H,30,34). The lowest BCUT2D eigenvalue weighted by atomic mass is 9.86. The fraction of sp³-hybridized carbons (Fsp3) is 0.379. The van der Waals surface area contributed by atoms with Crippen molar-refractivity contribution in [3.8, 4) is 11.4 Å².